The maximum atomic E-state index is 10.5. The third kappa shape index (κ3) is 3.49. The first-order chi connectivity index (χ1) is 8.65. The molecule has 0 spiro atoms. The number of phenols is 1. The highest BCUT2D eigenvalue weighted by Crippen LogP contribution is 2.37. The predicted molar refractivity (Wildman–Crippen MR) is 69.7 cm³/mol. The molecule has 1 aromatic carbocycles. The molecule has 1 fully saturated rings. The van der Waals surface area contributed by atoms with E-state index < -0.39 is 5.97 Å². The topological polar surface area (TPSA) is 57.5 Å². The van der Waals surface area contributed by atoms with E-state index in [9.17, 15) is 9.90 Å². The lowest BCUT2D eigenvalue weighted by atomic mass is 9.77. The van der Waals surface area contributed by atoms with Crippen LogP contribution >= 0.6 is 0 Å². The summed E-state index contributed by atoms with van der Waals surface area (Å²) >= 11 is 0. The predicted octanol–water partition coefficient (Wildman–Crippen LogP) is 3.53. The third-order valence-corrected chi connectivity index (χ3v) is 3.98. The summed E-state index contributed by atoms with van der Waals surface area (Å²) in [4.78, 5) is 10.5. The molecule has 0 amide bonds. The van der Waals surface area contributed by atoms with Crippen molar-refractivity contribution < 1.29 is 15.0 Å². The normalized spacial score (nSPS) is 23.8. The van der Waals surface area contributed by atoms with Crippen LogP contribution in [-0.4, -0.2) is 16.2 Å². The summed E-state index contributed by atoms with van der Waals surface area (Å²) in [5, 5.41) is 17.9. The van der Waals surface area contributed by atoms with E-state index in [1.54, 1.807) is 12.1 Å². The van der Waals surface area contributed by atoms with E-state index in [0.717, 1.165) is 32.1 Å². The van der Waals surface area contributed by atoms with Gasteiger partial charge in [0.25, 0.3) is 0 Å². The van der Waals surface area contributed by atoms with E-state index >= 15 is 0 Å². The molecule has 18 heavy (non-hydrogen) atoms. The van der Waals surface area contributed by atoms with Gasteiger partial charge < -0.3 is 10.2 Å². The number of carboxylic acids is 1. The van der Waals surface area contributed by atoms with Gasteiger partial charge in [0.15, 0.2) is 0 Å². The van der Waals surface area contributed by atoms with Gasteiger partial charge in [0.2, 0.25) is 0 Å². The second-order valence-electron chi connectivity index (χ2n) is 5.24. The van der Waals surface area contributed by atoms with Gasteiger partial charge in [-0.2, -0.15) is 0 Å². The van der Waals surface area contributed by atoms with Crippen LogP contribution in [0.1, 0.15) is 50.0 Å². The van der Waals surface area contributed by atoms with Gasteiger partial charge in [-0.3, -0.25) is 4.79 Å². The number of phenolic OH excluding ortho intramolecular Hbond substituents is 1. The van der Waals surface area contributed by atoms with Crippen molar-refractivity contribution in [1.29, 1.82) is 0 Å². The quantitative estimate of drug-likeness (QED) is 0.857. The first-order valence-electron chi connectivity index (χ1n) is 6.66. The number of hydrogen-bond acceptors (Lipinski definition) is 2. The average molecular weight is 248 g/mol. The Bertz CT molecular complexity index is 389. The van der Waals surface area contributed by atoms with Crippen molar-refractivity contribution in [2.75, 3.05) is 0 Å². The molecule has 0 bridgehead atoms. The second kappa shape index (κ2) is 5.89. The summed E-state index contributed by atoms with van der Waals surface area (Å²) in [5.41, 5.74) is 1.30. The average Bonchev–Trinajstić information content (AvgIpc) is 2.38. The molecule has 0 radical (unpaired) electrons. The first-order valence-corrected chi connectivity index (χ1v) is 6.66. The Balaban J connectivity index is 1.83. The molecule has 0 aliphatic heterocycles. The molecule has 0 saturated heterocycles. The van der Waals surface area contributed by atoms with Crippen molar-refractivity contribution >= 4 is 5.97 Å². The van der Waals surface area contributed by atoms with Crippen LogP contribution in [0.5, 0.6) is 5.75 Å². The minimum Gasteiger partial charge on any atom is -0.508 e. The molecule has 1 saturated carbocycles. The fourth-order valence-electron chi connectivity index (χ4n) is 2.86. The number of aromatic hydroxyl groups is 1. The van der Waals surface area contributed by atoms with Crippen LogP contribution in [0, 0.1) is 5.92 Å². The Morgan fingerprint density at radius 2 is 1.72 bits per heavy atom. The van der Waals surface area contributed by atoms with Crippen LogP contribution < -0.4 is 0 Å². The van der Waals surface area contributed by atoms with Gasteiger partial charge in [-0.25, -0.2) is 0 Å². The molecule has 3 nitrogen and oxygen atoms in total. The first kappa shape index (κ1) is 12.9. The molecule has 0 heterocycles. The van der Waals surface area contributed by atoms with E-state index in [1.807, 2.05) is 12.1 Å². The van der Waals surface area contributed by atoms with Crippen LogP contribution in [0.25, 0.3) is 0 Å². The zero-order chi connectivity index (χ0) is 13.0. The molecule has 1 aliphatic carbocycles. The number of hydrogen-bond donors (Lipinski definition) is 2. The molecule has 1 aromatic rings. The fraction of sp³-hybridized carbons (Fsp3) is 0.533. The van der Waals surface area contributed by atoms with Gasteiger partial charge in [0.1, 0.15) is 5.75 Å². The number of benzene rings is 1. The van der Waals surface area contributed by atoms with Gasteiger partial charge in [-0.15, -0.1) is 0 Å². The highest BCUT2D eigenvalue weighted by atomic mass is 16.4. The van der Waals surface area contributed by atoms with E-state index in [4.69, 9.17) is 5.11 Å². The Labute approximate surface area is 107 Å². The summed E-state index contributed by atoms with van der Waals surface area (Å²) < 4.78 is 0. The Morgan fingerprint density at radius 1 is 1.11 bits per heavy atom. The van der Waals surface area contributed by atoms with Crippen LogP contribution in [0.2, 0.25) is 0 Å². The van der Waals surface area contributed by atoms with Gasteiger partial charge in [-0.1, -0.05) is 12.1 Å². The molecular weight excluding hydrogens is 228 g/mol. The maximum Gasteiger partial charge on any atom is 0.303 e. The molecule has 1 aliphatic rings. The van der Waals surface area contributed by atoms with Crippen molar-refractivity contribution in [2.24, 2.45) is 5.92 Å². The standard InChI is InChI=1S/C15H20O3/c16-14-8-6-13(7-9-14)12-4-1-11(2-5-12)3-10-15(17)18/h6-9,11-12,16H,1-5,10H2,(H,17,18). The lowest BCUT2D eigenvalue weighted by Gasteiger charge is -2.28. The van der Waals surface area contributed by atoms with E-state index in [2.05, 4.69) is 0 Å². The second-order valence-corrected chi connectivity index (χ2v) is 5.24. The highest BCUT2D eigenvalue weighted by Gasteiger charge is 2.22. The lowest BCUT2D eigenvalue weighted by molar-refractivity contribution is -0.137. The number of rotatable bonds is 4. The van der Waals surface area contributed by atoms with Crippen molar-refractivity contribution in [2.45, 2.75) is 44.4 Å². The largest absolute Gasteiger partial charge is 0.508 e. The molecule has 2 N–H and O–H groups in total. The Hall–Kier alpha value is -1.51. The zero-order valence-electron chi connectivity index (χ0n) is 10.5. The minimum atomic E-state index is -0.685. The molecule has 2 rings (SSSR count). The monoisotopic (exact) mass is 248 g/mol. The van der Waals surface area contributed by atoms with E-state index in [0.29, 0.717) is 24.0 Å². The Morgan fingerprint density at radius 3 is 2.28 bits per heavy atom. The van der Waals surface area contributed by atoms with E-state index in [-0.39, 0.29) is 0 Å². The smallest absolute Gasteiger partial charge is 0.303 e. The van der Waals surface area contributed by atoms with Crippen LogP contribution in [0.4, 0.5) is 0 Å². The summed E-state index contributed by atoms with van der Waals surface area (Å²) in [6, 6.07) is 7.48. The minimum absolute atomic E-state index is 0.300. The summed E-state index contributed by atoms with van der Waals surface area (Å²) in [5.74, 6) is 0.783. The molecule has 98 valence electrons. The van der Waals surface area contributed by atoms with Gasteiger partial charge >= 0.3 is 5.97 Å². The lowest BCUT2D eigenvalue weighted by Crippen LogP contribution is -2.14. The van der Waals surface area contributed by atoms with Gasteiger partial charge in [0, 0.05) is 6.42 Å². The summed E-state index contributed by atoms with van der Waals surface area (Å²) in [6.07, 6.45) is 5.63. The van der Waals surface area contributed by atoms with Crippen molar-refractivity contribution in [3.63, 3.8) is 0 Å². The number of aliphatic carboxylic acids is 1. The zero-order valence-corrected chi connectivity index (χ0v) is 10.5. The van der Waals surface area contributed by atoms with Crippen molar-refractivity contribution in [1.82, 2.24) is 0 Å². The Kier molecular flexibility index (Phi) is 4.24. The highest BCUT2D eigenvalue weighted by molar-refractivity contribution is 5.66. The van der Waals surface area contributed by atoms with Crippen molar-refractivity contribution in [3.8, 4) is 5.75 Å². The molecular formula is C15H20O3. The maximum absolute atomic E-state index is 10.5. The number of carboxylic acid groups (broad SMARTS) is 1. The SMILES string of the molecule is O=C(O)CCC1CCC(c2ccc(O)cc2)CC1. The summed E-state index contributed by atoms with van der Waals surface area (Å²) in [6.45, 7) is 0. The molecule has 0 unspecified atom stereocenters. The van der Waals surface area contributed by atoms with Gasteiger partial charge in [-0.05, 0) is 61.6 Å². The third-order valence-electron chi connectivity index (χ3n) is 3.98. The number of carbonyl (C=O) groups is 1. The van der Waals surface area contributed by atoms with E-state index in [1.165, 1.54) is 5.56 Å². The molecule has 3 heteroatoms. The fourth-order valence-corrected chi connectivity index (χ4v) is 2.86. The summed E-state index contributed by atoms with van der Waals surface area (Å²) in [7, 11) is 0. The van der Waals surface area contributed by atoms with Crippen LogP contribution in [0.3, 0.4) is 0 Å². The molecule has 0 atom stereocenters. The van der Waals surface area contributed by atoms with Gasteiger partial charge in [0.05, 0.1) is 0 Å². The van der Waals surface area contributed by atoms with Crippen molar-refractivity contribution in [3.05, 3.63) is 29.8 Å². The van der Waals surface area contributed by atoms with Crippen LogP contribution in [-0.2, 0) is 4.79 Å². The van der Waals surface area contributed by atoms with Crippen LogP contribution in [0.15, 0.2) is 24.3 Å². The molecule has 0 aromatic heterocycles.